The summed E-state index contributed by atoms with van der Waals surface area (Å²) in [5.41, 5.74) is 0.972. The molecule has 0 saturated carbocycles. The zero-order valence-electron chi connectivity index (χ0n) is 13.2. The zero-order valence-corrected chi connectivity index (χ0v) is 13.2. The predicted molar refractivity (Wildman–Crippen MR) is 83.3 cm³/mol. The fraction of sp³-hybridized carbons (Fsp3) is 0.438. The van der Waals surface area contributed by atoms with Crippen LogP contribution in [0.4, 0.5) is 0 Å². The summed E-state index contributed by atoms with van der Waals surface area (Å²) in [5, 5.41) is 2.63. The Labute approximate surface area is 135 Å². The molecule has 0 spiro atoms. The van der Waals surface area contributed by atoms with Crippen LogP contribution < -0.4 is 5.32 Å². The number of carbonyl (C=O) groups is 3. The van der Waals surface area contributed by atoms with Crippen LogP contribution in [0.3, 0.4) is 0 Å². The summed E-state index contributed by atoms with van der Waals surface area (Å²) in [5.74, 6) is -1.49. The number of hydrogen-bond donors (Lipinski definition) is 1. The van der Waals surface area contributed by atoms with Gasteiger partial charge >= 0.3 is 11.8 Å². The van der Waals surface area contributed by atoms with Gasteiger partial charge in [0.1, 0.15) is 6.54 Å². The molecule has 3 amide bonds. The van der Waals surface area contributed by atoms with E-state index in [0.29, 0.717) is 32.8 Å². The first-order chi connectivity index (χ1) is 11.1. The second kappa shape index (κ2) is 8.28. The first-order valence-corrected chi connectivity index (χ1v) is 7.49. The number of methoxy groups -OCH3 is 1. The van der Waals surface area contributed by atoms with Crippen LogP contribution in [0.15, 0.2) is 30.3 Å². The van der Waals surface area contributed by atoms with Crippen molar-refractivity contribution in [2.24, 2.45) is 0 Å². The van der Waals surface area contributed by atoms with Crippen LogP contribution in [0.1, 0.15) is 5.56 Å². The van der Waals surface area contributed by atoms with Crippen LogP contribution in [0.25, 0.3) is 0 Å². The van der Waals surface area contributed by atoms with E-state index in [-0.39, 0.29) is 12.5 Å². The Morgan fingerprint density at radius 1 is 1.13 bits per heavy atom. The number of carbonyl (C=O) groups excluding carboxylic acids is 3. The molecule has 1 aliphatic heterocycles. The third kappa shape index (κ3) is 4.79. The third-order valence-electron chi connectivity index (χ3n) is 3.58. The largest absolute Gasteiger partial charge is 0.383 e. The molecule has 1 aromatic rings. The number of amides is 3. The molecular weight excluding hydrogens is 298 g/mol. The second-order valence-corrected chi connectivity index (χ2v) is 5.28. The molecule has 1 heterocycles. The number of nitrogens with zero attached hydrogens (tertiary/aromatic N) is 2. The Morgan fingerprint density at radius 3 is 2.48 bits per heavy atom. The number of benzene rings is 1. The van der Waals surface area contributed by atoms with Crippen LogP contribution in [0.5, 0.6) is 0 Å². The van der Waals surface area contributed by atoms with Gasteiger partial charge in [0, 0.05) is 33.3 Å². The monoisotopic (exact) mass is 319 g/mol. The van der Waals surface area contributed by atoms with Gasteiger partial charge in [-0.25, -0.2) is 0 Å². The number of piperazine rings is 1. The number of hydrogen-bond acceptors (Lipinski definition) is 4. The van der Waals surface area contributed by atoms with Crippen molar-refractivity contribution >= 4 is 17.7 Å². The highest BCUT2D eigenvalue weighted by atomic mass is 16.5. The van der Waals surface area contributed by atoms with E-state index in [9.17, 15) is 14.4 Å². The van der Waals surface area contributed by atoms with E-state index in [1.165, 1.54) is 9.80 Å². The molecular formula is C16H21N3O4. The average Bonchev–Trinajstić information content (AvgIpc) is 2.56. The summed E-state index contributed by atoms with van der Waals surface area (Å²) in [7, 11) is 1.54. The fourth-order valence-electron chi connectivity index (χ4n) is 2.34. The van der Waals surface area contributed by atoms with Crippen molar-refractivity contribution in [2.45, 2.75) is 6.54 Å². The summed E-state index contributed by atoms with van der Waals surface area (Å²) in [4.78, 5) is 38.8. The second-order valence-electron chi connectivity index (χ2n) is 5.28. The first-order valence-electron chi connectivity index (χ1n) is 7.49. The third-order valence-corrected chi connectivity index (χ3v) is 3.58. The van der Waals surface area contributed by atoms with Crippen molar-refractivity contribution in [3.63, 3.8) is 0 Å². The molecule has 0 aliphatic carbocycles. The number of nitrogens with one attached hydrogen (secondary N) is 1. The molecule has 0 unspecified atom stereocenters. The Morgan fingerprint density at radius 2 is 1.78 bits per heavy atom. The maximum Gasteiger partial charge on any atom is 0.312 e. The smallest absolute Gasteiger partial charge is 0.312 e. The topological polar surface area (TPSA) is 79.0 Å². The van der Waals surface area contributed by atoms with Gasteiger partial charge in [-0.15, -0.1) is 0 Å². The van der Waals surface area contributed by atoms with Crippen LogP contribution in [-0.2, 0) is 25.7 Å². The van der Waals surface area contributed by atoms with E-state index in [2.05, 4.69) is 5.32 Å². The van der Waals surface area contributed by atoms with Crippen LogP contribution in [-0.4, -0.2) is 67.4 Å². The highest BCUT2D eigenvalue weighted by Crippen LogP contribution is 2.10. The Bertz CT molecular complexity index is 562. The maximum atomic E-state index is 12.2. The number of rotatable bonds is 7. The molecule has 0 bridgehead atoms. The Hall–Kier alpha value is -2.41. The lowest BCUT2D eigenvalue weighted by Gasteiger charge is -2.33. The van der Waals surface area contributed by atoms with E-state index < -0.39 is 11.8 Å². The van der Waals surface area contributed by atoms with E-state index in [1.807, 2.05) is 30.3 Å². The quantitative estimate of drug-likeness (QED) is 0.549. The van der Waals surface area contributed by atoms with Crippen molar-refractivity contribution in [1.29, 1.82) is 0 Å². The summed E-state index contributed by atoms with van der Waals surface area (Å²) >= 11 is 0. The molecule has 1 aliphatic rings. The van der Waals surface area contributed by atoms with Gasteiger partial charge < -0.3 is 19.9 Å². The van der Waals surface area contributed by atoms with Gasteiger partial charge in [0.15, 0.2) is 0 Å². The molecule has 7 heteroatoms. The molecule has 1 aromatic carbocycles. The van der Waals surface area contributed by atoms with Gasteiger partial charge in [0.05, 0.1) is 6.61 Å². The lowest BCUT2D eigenvalue weighted by molar-refractivity contribution is -0.157. The standard InChI is InChI=1S/C16H21N3O4/c1-23-10-7-17-14(20)12-19-9-8-18(15(21)16(19)22)11-13-5-3-2-4-6-13/h2-6H,7-12H2,1H3,(H,17,20). The van der Waals surface area contributed by atoms with Crippen molar-refractivity contribution in [3.05, 3.63) is 35.9 Å². The maximum absolute atomic E-state index is 12.2. The molecule has 7 nitrogen and oxygen atoms in total. The van der Waals surface area contributed by atoms with E-state index in [0.717, 1.165) is 5.56 Å². The SMILES string of the molecule is COCCNC(=O)CN1CCN(Cc2ccccc2)C(=O)C1=O. The van der Waals surface area contributed by atoms with Crippen LogP contribution in [0, 0.1) is 0 Å². The summed E-state index contributed by atoms with van der Waals surface area (Å²) < 4.78 is 4.83. The normalized spacial score (nSPS) is 15.0. The van der Waals surface area contributed by atoms with E-state index in [4.69, 9.17) is 4.74 Å². The van der Waals surface area contributed by atoms with Gasteiger partial charge in [-0.3, -0.25) is 14.4 Å². The Kier molecular flexibility index (Phi) is 6.10. The molecule has 1 N–H and O–H groups in total. The molecule has 0 radical (unpaired) electrons. The molecule has 1 saturated heterocycles. The molecule has 124 valence electrons. The minimum atomic E-state index is -0.630. The zero-order chi connectivity index (χ0) is 16.7. The van der Waals surface area contributed by atoms with Crippen LogP contribution >= 0.6 is 0 Å². The number of ether oxygens (including phenoxy) is 1. The minimum absolute atomic E-state index is 0.104. The van der Waals surface area contributed by atoms with Crippen molar-refractivity contribution in [1.82, 2.24) is 15.1 Å². The fourth-order valence-corrected chi connectivity index (χ4v) is 2.34. The van der Waals surface area contributed by atoms with E-state index in [1.54, 1.807) is 7.11 Å². The van der Waals surface area contributed by atoms with E-state index >= 15 is 0 Å². The van der Waals surface area contributed by atoms with Gasteiger partial charge in [-0.05, 0) is 5.56 Å². The van der Waals surface area contributed by atoms with Gasteiger partial charge in [-0.2, -0.15) is 0 Å². The summed E-state index contributed by atoms with van der Waals surface area (Å²) in [6, 6.07) is 9.50. The molecule has 0 atom stereocenters. The average molecular weight is 319 g/mol. The van der Waals surface area contributed by atoms with Crippen LogP contribution in [0.2, 0.25) is 0 Å². The summed E-state index contributed by atoms with van der Waals surface area (Å²) in [6.07, 6.45) is 0. The first kappa shape index (κ1) is 17.0. The van der Waals surface area contributed by atoms with Crippen molar-refractivity contribution < 1.29 is 19.1 Å². The van der Waals surface area contributed by atoms with Gasteiger partial charge in [-0.1, -0.05) is 30.3 Å². The molecule has 2 rings (SSSR count). The van der Waals surface area contributed by atoms with Crippen molar-refractivity contribution in [2.75, 3.05) is 39.9 Å². The lowest BCUT2D eigenvalue weighted by atomic mass is 10.2. The highest BCUT2D eigenvalue weighted by molar-refractivity contribution is 6.35. The minimum Gasteiger partial charge on any atom is -0.383 e. The molecule has 23 heavy (non-hydrogen) atoms. The predicted octanol–water partition coefficient (Wildman–Crippen LogP) is -0.380. The summed E-state index contributed by atoms with van der Waals surface area (Å²) in [6.45, 7) is 1.86. The van der Waals surface area contributed by atoms with Gasteiger partial charge in [0.2, 0.25) is 5.91 Å². The molecule has 0 aromatic heterocycles. The van der Waals surface area contributed by atoms with Gasteiger partial charge in [0.25, 0.3) is 0 Å². The lowest BCUT2D eigenvalue weighted by Crippen LogP contribution is -2.56. The molecule has 1 fully saturated rings. The van der Waals surface area contributed by atoms with Crippen molar-refractivity contribution in [3.8, 4) is 0 Å². The highest BCUT2D eigenvalue weighted by Gasteiger charge is 2.33. The Balaban J connectivity index is 1.86.